The predicted molar refractivity (Wildman–Crippen MR) is 116 cm³/mol. The number of rotatable bonds is 2. The molecule has 1 aliphatic rings. The highest BCUT2D eigenvalue weighted by Gasteiger charge is 2.26. The molecule has 2 aromatic heterocycles. The number of hydrogen-bond acceptors (Lipinski definition) is 4. The van der Waals surface area contributed by atoms with Crippen molar-refractivity contribution in [2.45, 2.75) is 0 Å². The zero-order valence-corrected chi connectivity index (χ0v) is 15.3. The first-order valence-corrected chi connectivity index (χ1v) is 9.06. The Morgan fingerprint density at radius 2 is 1.61 bits per heavy atom. The maximum Gasteiger partial charge on any atom is 0.110 e. The van der Waals surface area contributed by atoms with Gasteiger partial charge in [-0.15, -0.1) is 0 Å². The molecule has 0 unspecified atom stereocenters. The maximum absolute atomic E-state index is 4.70. The van der Waals surface area contributed by atoms with Crippen LogP contribution in [0.4, 0.5) is 11.4 Å². The zero-order chi connectivity index (χ0) is 19.1. The molecule has 0 aliphatic carbocycles. The van der Waals surface area contributed by atoms with Crippen LogP contribution in [0.15, 0.2) is 98.2 Å². The first-order chi connectivity index (χ1) is 13.7. The van der Waals surface area contributed by atoms with Crippen molar-refractivity contribution in [2.75, 3.05) is 10.2 Å². The van der Waals surface area contributed by atoms with Gasteiger partial charge in [0.15, 0.2) is 0 Å². The highest BCUT2D eigenvalue weighted by molar-refractivity contribution is 6.01. The van der Waals surface area contributed by atoms with E-state index in [1.54, 1.807) is 0 Å². The Hall–Kier alpha value is -3.92. The van der Waals surface area contributed by atoms with Crippen LogP contribution in [0, 0.1) is 0 Å². The molecular formula is C24H18N4. The van der Waals surface area contributed by atoms with E-state index in [-0.39, 0.29) is 0 Å². The van der Waals surface area contributed by atoms with Crippen LogP contribution in [0.1, 0.15) is 5.69 Å². The number of hydrogen-bond donors (Lipinski definition) is 1. The van der Waals surface area contributed by atoms with Crippen molar-refractivity contribution >= 4 is 27.8 Å². The van der Waals surface area contributed by atoms with Gasteiger partial charge in [-0.1, -0.05) is 67.8 Å². The van der Waals surface area contributed by atoms with Crippen LogP contribution in [-0.2, 0) is 0 Å². The molecule has 4 aromatic rings. The lowest BCUT2D eigenvalue weighted by Crippen LogP contribution is -2.30. The molecule has 0 bridgehead atoms. The Morgan fingerprint density at radius 1 is 0.821 bits per heavy atom. The van der Waals surface area contributed by atoms with Crippen molar-refractivity contribution in [3.63, 3.8) is 0 Å². The SMILES string of the molecule is C=C1Nc2cc(-c3ccccc3)cnc2C(=C)N1c1cncc2ccccc12. The van der Waals surface area contributed by atoms with E-state index in [1.807, 2.05) is 59.9 Å². The second kappa shape index (κ2) is 6.35. The van der Waals surface area contributed by atoms with E-state index >= 15 is 0 Å². The van der Waals surface area contributed by atoms with Gasteiger partial charge in [0, 0.05) is 28.7 Å². The summed E-state index contributed by atoms with van der Waals surface area (Å²) in [6, 6.07) is 20.4. The van der Waals surface area contributed by atoms with Crippen molar-refractivity contribution in [3.05, 3.63) is 104 Å². The molecule has 4 heteroatoms. The van der Waals surface area contributed by atoms with E-state index in [9.17, 15) is 0 Å². The molecule has 0 spiro atoms. The maximum atomic E-state index is 4.70. The normalized spacial score (nSPS) is 13.4. The zero-order valence-electron chi connectivity index (χ0n) is 15.3. The van der Waals surface area contributed by atoms with Gasteiger partial charge in [0.1, 0.15) is 11.5 Å². The Balaban J connectivity index is 1.60. The number of anilines is 2. The van der Waals surface area contributed by atoms with E-state index in [0.717, 1.165) is 50.5 Å². The molecule has 4 nitrogen and oxygen atoms in total. The number of nitrogens with zero attached hydrogens (tertiary/aromatic N) is 3. The third kappa shape index (κ3) is 2.55. The van der Waals surface area contributed by atoms with Crippen LogP contribution in [0.5, 0.6) is 0 Å². The van der Waals surface area contributed by atoms with Crippen LogP contribution in [0.25, 0.3) is 27.6 Å². The monoisotopic (exact) mass is 362 g/mol. The topological polar surface area (TPSA) is 41.1 Å². The van der Waals surface area contributed by atoms with Gasteiger partial charge in [0.2, 0.25) is 0 Å². The van der Waals surface area contributed by atoms with E-state index < -0.39 is 0 Å². The highest BCUT2D eigenvalue weighted by Crippen LogP contribution is 2.40. The molecule has 3 heterocycles. The van der Waals surface area contributed by atoms with Crippen molar-refractivity contribution in [1.29, 1.82) is 0 Å². The summed E-state index contributed by atoms with van der Waals surface area (Å²) in [6.07, 6.45) is 5.58. The quantitative estimate of drug-likeness (QED) is 0.499. The summed E-state index contributed by atoms with van der Waals surface area (Å²) in [5.74, 6) is 0.725. The summed E-state index contributed by atoms with van der Waals surface area (Å²) < 4.78 is 0. The van der Waals surface area contributed by atoms with E-state index in [1.165, 1.54) is 0 Å². The van der Waals surface area contributed by atoms with Crippen LogP contribution >= 0.6 is 0 Å². The lowest BCUT2D eigenvalue weighted by molar-refractivity contribution is 1.10. The van der Waals surface area contributed by atoms with Gasteiger partial charge in [0.05, 0.1) is 23.3 Å². The smallest absolute Gasteiger partial charge is 0.110 e. The summed E-state index contributed by atoms with van der Waals surface area (Å²) >= 11 is 0. The molecule has 5 rings (SSSR count). The molecule has 1 N–H and O–H groups in total. The average molecular weight is 362 g/mol. The third-order valence-corrected chi connectivity index (χ3v) is 4.98. The number of benzene rings is 2. The van der Waals surface area contributed by atoms with Gasteiger partial charge >= 0.3 is 0 Å². The average Bonchev–Trinajstić information content (AvgIpc) is 2.74. The molecule has 0 radical (unpaired) electrons. The Bertz CT molecular complexity index is 1220. The van der Waals surface area contributed by atoms with Crippen LogP contribution < -0.4 is 10.2 Å². The summed E-state index contributed by atoms with van der Waals surface area (Å²) in [5, 5.41) is 5.55. The molecule has 1 aliphatic heterocycles. The minimum atomic E-state index is 0.725. The first kappa shape index (κ1) is 16.3. The molecular weight excluding hydrogens is 344 g/mol. The van der Waals surface area contributed by atoms with Gasteiger partial charge < -0.3 is 5.32 Å². The summed E-state index contributed by atoms with van der Waals surface area (Å²) in [5.41, 5.74) is 5.58. The fourth-order valence-electron chi connectivity index (χ4n) is 3.63. The fraction of sp³-hybridized carbons (Fsp3) is 0. The molecule has 0 atom stereocenters. The van der Waals surface area contributed by atoms with Gasteiger partial charge in [-0.25, -0.2) is 0 Å². The molecule has 0 amide bonds. The van der Waals surface area contributed by atoms with Gasteiger partial charge in [-0.2, -0.15) is 0 Å². The predicted octanol–water partition coefficient (Wildman–Crippen LogP) is 5.67. The van der Waals surface area contributed by atoms with Gasteiger partial charge in [-0.05, 0) is 11.6 Å². The van der Waals surface area contributed by atoms with E-state index in [2.05, 4.69) is 47.7 Å². The third-order valence-electron chi connectivity index (χ3n) is 4.98. The first-order valence-electron chi connectivity index (χ1n) is 9.06. The summed E-state index contributed by atoms with van der Waals surface area (Å²) in [6.45, 7) is 8.54. The van der Waals surface area contributed by atoms with Crippen LogP contribution in [0.3, 0.4) is 0 Å². The highest BCUT2D eigenvalue weighted by atomic mass is 15.3. The van der Waals surface area contributed by atoms with Crippen LogP contribution in [0.2, 0.25) is 0 Å². The number of pyridine rings is 2. The number of aromatic nitrogens is 2. The van der Waals surface area contributed by atoms with Crippen molar-refractivity contribution in [3.8, 4) is 11.1 Å². The molecule has 0 fully saturated rings. The van der Waals surface area contributed by atoms with Crippen molar-refractivity contribution in [1.82, 2.24) is 9.97 Å². The minimum absolute atomic E-state index is 0.725. The lowest BCUT2D eigenvalue weighted by atomic mass is 10.0. The summed E-state index contributed by atoms with van der Waals surface area (Å²) in [4.78, 5) is 11.1. The molecule has 0 saturated carbocycles. The second-order valence-electron chi connectivity index (χ2n) is 6.72. The van der Waals surface area contributed by atoms with Crippen molar-refractivity contribution < 1.29 is 0 Å². The Kier molecular flexibility index (Phi) is 3.69. The van der Waals surface area contributed by atoms with Gasteiger partial charge in [0.25, 0.3) is 0 Å². The number of fused-ring (bicyclic) bond motifs is 2. The number of nitrogens with one attached hydrogen (secondary N) is 1. The second-order valence-corrected chi connectivity index (χ2v) is 6.72. The minimum Gasteiger partial charge on any atom is -0.340 e. The Morgan fingerprint density at radius 3 is 2.46 bits per heavy atom. The lowest BCUT2D eigenvalue weighted by Gasteiger charge is -2.34. The molecule has 0 saturated heterocycles. The largest absolute Gasteiger partial charge is 0.340 e. The van der Waals surface area contributed by atoms with Gasteiger partial charge in [-0.3, -0.25) is 14.9 Å². The fourth-order valence-corrected chi connectivity index (χ4v) is 3.63. The summed E-state index contributed by atoms with van der Waals surface area (Å²) in [7, 11) is 0. The molecule has 2 aromatic carbocycles. The molecule has 134 valence electrons. The van der Waals surface area contributed by atoms with Crippen LogP contribution in [-0.4, -0.2) is 9.97 Å². The van der Waals surface area contributed by atoms with Crippen molar-refractivity contribution in [2.24, 2.45) is 0 Å². The van der Waals surface area contributed by atoms with E-state index in [4.69, 9.17) is 4.98 Å². The van der Waals surface area contributed by atoms with E-state index in [0.29, 0.717) is 0 Å². The molecule has 28 heavy (non-hydrogen) atoms. The standard InChI is InChI=1S/C24H18N4/c1-16-24-22(12-20(14-26-24)18-8-4-3-5-9-18)27-17(2)28(16)23-15-25-13-19-10-6-7-11-21(19)23/h3-15,27H,1-2H2. The Labute approximate surface area is 163 Å².